The van der Waals surface area contributed by atoms with Crippen LogP contribution >= 0.6 is 15.9 Å². The van der Waals surface area contributed by atoms with Crippen LogP contribution in [0.5, 0.6) is 0 Å². The first-order chi connectivity index (χ1) is 8.44. The van der Waals surface area contributed by atoms with Gasteiger partial charge in [-0.2, -0.15) is 0 Å². The van der Waals surface area contributed by atoms with Crippen LogP contribution in [0.2, 0.25) is 0 Å². The van der Waals surface area contributed by atoms with Crippen molar-refractivity contribution in [2.75, 3.05) is 0 Å². The topological polar surface area (TPSA) is 38.1 Å². The van der Waals surface area contributed by atoms with Crippen LogP contribution < -0.4 is 5.32 Å². The summed E-state index contributed by atoms with van der Waals surface area (Å²) in [4.78, 5) is 4.28. The van der Waals surface area contributed by atoms with E-state index < -0.39 is 0 Å². The number of rotatable bonds is 3. The number of hydrogen-bond donors (Lipinski definition) is 1. The number of nitrogens with zero attached hydrogens (tertiary/aromatic N) is 1. The van der Waals surface area contributed by atoms with Gasteiger partial charge in [-0.3, -0.25) is 0 Å². The van der Waals surface area contributed by atoms with Crippen molar-refractivity contribution >= 4 is 15.9 Å². The Morgan fingerprint density at radius 3 is 2.78 bits per heavy atom. The molecule has 0 aliphatic carbocycles. The molecule has 1 heterocycles. The molecule has 0 amide bonds. The van der Waals surface area contributed by atoms with Gasteiger partial charge in [0.15, 0.2) is 5.76 Å². The van der Waals surface area contributed by atoms with E-state index in [1.165, 1.54) is 0 Å². The Balaban J connectivity index is 2.11. The summed E-state index contributed by atoms with van der Waals surface area (Å²) in [6, 6.07) is 7.99. The molecule has 0 aliphatic heterocycles. The molecule has 2 aromatic rings. The van der Waals surface area contributed by atoms with Crippen LogP contribution in [0.1, 0.15) is 26.7 Å². The van der Waals surface area contributed by atoms with E-state index in [4.69, 9.17) is 4.42 Å². The van der Waals surface area contributed by atoms with Gasteiger partial charge in [-0.1, -0.05) is 28.1 Å². The fourth-order valence-corrected chi connectivity index (χ4v) is 1.91. The van der Waals surface area contributed by atoms with Crippen molar-refractivity contribution in [2.45, 2.75) is 32.9 Å². The molecule has 2 rings (SSSR count). The number of aromatic nitrogens is 1. The van der Waals surface area contributed by atoms with Crippen molar-refractivity contribution in [3.63, 3.8) is 0 Å². The summed E-state index contributed by atoms with van der Waals surface area (Å²) >= 11 is 3.45. The number of benzene rings is 1. The molecule has 1 N–H and O–H groups in total. The zero-order valence-electron chi connectivity index (χ0n) is 10.8. The summed E-state index contributed by atoms with van der Waals surface area (Å²) in [5, 5.41) is 3.35. The van der Waals surface area contributed by atoms with Gasteiger partial charge in [0.05, 0.1) is 12.7 Å². The van der Waals surface area contributed by atoms with E-state index in [2.05, 4.69) is 47.0 Å². The molecule has 0 saturated carbocycles. The van der Waals surface area contributed by atoms with Crippen molar-refractivity contribution in [3.05, 3.63) is 40.8 Å². The highest BCUT2D eigenvalue weighted by Gasteiger charge is 2.11. The summed E-state index contributed by atoms with van der Waals surface area (Å²) in [6.45, 7) is 6.99. The average molecular weight is 309 g/mol. The van der Waals surface area contributed by atoms with Gasteiger partial charge in [-0.05, 0) is 32.9 Å². The lowest BCUT2D eigenvalue weighted by atomic mass is 10.1. The summed E-state index contributed by atoms with van der Waals surface area (Å²) < 4.78 is 6.76. The van der Waals surface area contributed by atoms with Crippen LogP contribution in [-0.2, 0) is 6.54 Å². The van der Waals surface area contributed by atoms with E-state index in [1.54, 1.807) is 6.20 Å². The zero-order valence-corrected chi connectivity index (χ0v) is 12.4. The van der Waals surface area contributed by atoms with Crippen LogP contribution in [-0.4, -0.2) is 10.5 Å². The van der Waals surface area contributed by atoms with Gasteiger partial charge in [-0.25, -0.2) is 4.98 Å². The van der Waals surface area contributed by atoms with Gasteiger partial charge >= 0.3 is 0 Å². The highest BCUT2D eigenvalue weighted by Crippen LogP contribution is 2.23. The minimum Gasteiger partial charge on any atom is -0.439 e. The second kappa shape index (κ2) is 5.24. The Morgan fingerprint density at radius 1 is 1.33 bits per heavy atom. The van der Waals surface area contributed by atoms with E-state index in [1.807, 2.05) is 24.3 Å². The Kier molecular flexibility index (Phi) is 3.88. The maximum Gasteiger partial charge on any atom is 0.208 e. The summed E-state index contributed by atoms with van der Waals surface area (Å²) in [5.41, 5.74) is 1.09. The molecule has 0 aliphatic rings. The monoisotopic (exact) mass is 308 g/mol. The zero-order chi connectivity index (χ0) is 13.2. The van der Waals surface area contributed by atoms with Crippen molar-refractivity contribution in [2.24, 2.45) is 0 Å². The molecule has 96 valence electrons. The van der Waals surface area contributed by atoms with Crippen LogP contribution in [0.15, 0.2) is 39.4 Å². The van der Waals surface area contributed by atoms with Crippen molar-refractivity contribution in [1.82, 2.24) is 10.3 Å². The molecular formula is C14H17BrN2O. The molecule has 0 fully saturated rings. The molecule has 0 unspecified atom stereocenters. The van der Waals surface area contributed by atoms with Crippen LogP contribution in [0.25, 0.3) is 11.3 Å². The SMILES string of the molecule is CC(C)(C)NCc1ncc(-c2cccc(Br)c2)o1. The van der Waals surface area contributed by atoms with Gasteiger partial charge in [0.1, 0.15) is 0 Å². The number of nitrogens with one attached hydrogen (secondary N) is 1. The van der Waals surface area contributed by atoms with Gasteiger partial charge in [-0.15, -0.1) is 0 Å². The first kappa shape index (κ1) is 13.3. The van der Waals surface area contributed by atoms with Crippen LogP contribution in [0, 0.1) is 0 Å². The molecule has 0 atom stereocenters. The van der Waals surface area contributed by atoms with Crippen LogP contribution in [0.3, 0.4) is 0 Å². The van der Waals surface area contributed by atoms with Gasteiger partial charge in [0.2, 0.25) is 5.89 Å². The third-order valence-corrected chi connectivity index (χ3v) is 2.93. The highest BCUT2D eigenvalue weighted by atomic mass is 79.9. The lowest BCUT2D eigenvalue weighted by molar-refractivity contribution is 0.383. The average Bonchev–Trinajstić information content (AvgIpc) is 2.74. The summed E-state index contributed by atoms with van der Waals surface area (Å²) in [5.74, 6) is 1.50. The molecule has 18 heavy (non-hydrogen) atoms. The Labute approximate surface area is 116 Å². The quantitative estimate of drug-likeness (QED) is 0.931. The van der Waals surface area contributed by atoms with Crippen molar-refractivity contribution in [3.8, 4) is 11.3 Å². The van der Waals surface area contributed by atoms with Gasteiger partial charge in [0.25, 0.3) is 0 Å². The molecule has 0 radical (unpaired) electrons. The third kappa shape index (κ3) is 3.68. The molecule has 0 spiro atoms. The minimum atomic E-state index is 0.0599. The predicted octanol–water partition coefficient (Wildman–Crippen LogP) is 3.99. The van der Waals surface area contributed by atoms with Gasteiger partial charge in [0, 0.05) is 15.6 Å². The van der Waals surface area contributed by atoms with E-state index in [9.17, 15) is 0 Å². The third-order valence-electron chi connectivity index (χ3n) is 2.43. The standard InChI is InChI=1S/C14H17BrN2O/c1-14(2,3)17-9-13-16-8-12(18-13)10-5-4-6-11(15)7-10/h4-8,17H,9H2,1-3H3. The molecule has 3 nitrogen and oxygen atoms in total. The van der Waals surface area contributed by atoms with E-state index in [0.717, 1.165) is 15.8 Å². The van der Waals surface area contributed by atoms with Gasteiger partial charge < -0.3 is 9.73 Å². The number of halogens is 1. The predicted molar refractivity (Wildman–Crippen MR) is 76.2 cm³/mol. The van der Waals surface area contributed by atoms with E-state index in [0.29, 0.717) is 12.4 Å². The minimum absolute atomic E-state index is 0.0599. The smallest absolute Gasteiger partial charge is 0.208 e. The lowest BCUT2D eigenvalue weighted by Gasteiger charge is -2.18. The second-order valence-electron chi connectivity index (χ2n) is 5.23. The first-order valence-corrected chi connectivity index (χ1v) is 6.69. The normalized spacial score (nSPS) is 11.8. The fraction of sp³-hybridized carbons (Fsp3) is 0.357. The maximum absolute atomic E-state index is 5.73. The molecule has 0 saturated heterocycles. The fourth-order valence-electron chi connectivity index (χ4n) is 1.51. The first-order valence-electron chi connectivity index (χ1n) is 5.90. The Morgan fingerprint density at radius 2 is 2.11 bits per heavy atom. The number of oxazole rings is 1. The van der Waals surface area contributed by atoms with Crippen molar-refractivity contribution in [1.29, 1.82) is 0 Å². The molecule has 0 bridgehead atoms. The summed E-state index contributed by atoms with van der Waals surface area (Å²) in [6.07, 6.45) is 1.77. The number of hydrogen-bond acceptors (Lipinski definition) is 3. The lowest BCUT2D eigenvalue weighted by Crippen LogP contribution is -2.35. The molecular weight excluding hydrogens is 292 g/mol. The van der Waals surface area contributed by atoms with E-state index in [-0.39, 0.29) is 5.54 Å². The molecule has 1 aromatic heterocycles. The maximum atomic E-state index is 5.73. The van der Waals surface area contributed by atoms with Crippen molar-refractivity contribution < 1.29 is 4.42 Å². The summed E-state index contributed by atoms with van der Waals surface area (Å²) in [7, 11) is 0. The Hall–Kier alpha value is -1.13. The largest absolute Gasteiger partial charge is 0.439 e. The van der Waals surface area contributed by atoms with E-state index >= 15 is 0 Å². The highest BCUT2D eigenvalue weighted by molar-refractivity contribution is 9.10. The Bertz CT molecular complexity index is 529. The molecule has 1 aromatic carbocycles. The van der Waals surface area contributed by atoms with Crippen LogP contribution in [0.4, 0.5) is 0 Å². The second-order valence-corrected chi connectivity index (χ2v) is 6.15. The molecule has 4 heteroatoms.